The van der Waals surface area contributed by atoms with E-state index in [1.807, 2.05) is 12.1 Å². The van der Waals surface area contributed by atoms with Crippen molar-refractivity contribution in [3.05, 3.63) is 29.8 Å². The molecule has 0 aromatic heterocycles. The highest BCUT2D eigenvalue weighted by Gasteiger charge is 2.13. The number of likely N-dealkylation sites (tertiary alicyclic amines) is 1. The zero-order valence-corrected chi connectivity index (χ0v) is 21.0. The van der Waals surface area contributed by atoms with Crippen LogP contribution in [0.15, 0.2) is 24.3 Å². The van der Waals surface area contributed by atoms with Crippen molar-refractivity contribution < 1.29 is 10.0 Å². The molecule has 0 bridgehead atoms. The van der Waals surface area contributed by atoms with Gasteiger partial charge in [-0.3, -0.25) is 5.43 Å². The smallest absolute Gasteiger partial charge is 0.423 e. The molecule has 2 fully saturated rings. The molecule has 1 aromatic rings. The summed E-state index contributed by atoms with van der Waals surface area (Å²) in [6.07, 6.45) is 6.08. The van der Waals surface area contributed by atoms with Gasteiger partial charge in [0.05, 0.1) is 0 Å². The van der Waals surface area contributed by atoms with E-state index in [0.717, 1.165) is 78.3 Å². The fourth-order valence-corrected chi connectivity index (χ4v) is 4.19. The Morgan fingerprint density at radius 1 is 0.912 bits per heavy atom. The number of hydrogen-bond donors (Lipinski definition) is 6. The zero-order chi connectivity index (χ0) is 24.4. The summed E-state index contributed by atoms with van der Waals surface area (Å²) in [5, 5.41) is 23.7. The Morgan fingerprint density at radius 3 is 2.06 bits per heavy atom. The lowest BCUT2D eigenvalue weighted by Crippen LogP contribution is -2.54. The Balaban J connectivity index is 0.000000242. The quantitative estimate of drug-likeness (QED) is 0.128. The topological polar surface area (TPSA) is 126 Å². The first-order valence-electron chi connectivity index (χ1n) is 13.1. The molecule has 34 heavy (non-hydrogen) atoms. The number of nitrogens with one attached hydrogen (secondary N) is 2. The Kier molecular flexibility index (Phi) is 15.6. The molecular weight excluding hydrogens is 429 g/mol. The second-order valence-corrected chi connectivity index (χ2v) is 9.22. The van der Waals surface area contributed by atoms with Crippen LogP contribution >= 0.6 is 0 Å². The third-order valence-electron chi connectivity index (χ3n) is 6.39. The van der Waals surface area contributed by atoms with Crippen LogP contribution in [0.5, 0.6) is 0 Å². The van der Waals surface area contributed by atoms with Crippen LogP contribution in [0.3, 0.4) is 0 Å². The van der Waals surface area contributed by atoms with Gasteiger partial charge in [0, 0.05) is 39.3 Å². The fourth-order valence-electron chi connectivity index (χ4n) is 4.19. The molecule has 2 aliphatic heterocycles. The molecule has 10 heteroatoms. The summed E-state index contributed by atoms with van der Waals surface area (Å²) in [5.41, 5.74) is 16.1. The third-order valence-corrected chi connectivity index (χ3v) is 6.39. The van der Waals surface area contributed by atoms with E-state index in [1.165, 1.54) is 44.5 Å². The lowest BCUT2D eigenvalue weighted by Gasteiger charge is -2.32. The van der Waals surface area contributed by atoms with Crippen molar-refractivity contribution in [1.82, 2.24) is 25.6 Å². The highest BCUT2D eigenvalue weighted by molar-refractivity contribution is 6.58. The van der Waals surface area contributed by atoms with Crippen molar-refractivity contribution in [2.45, 2.75) is 38.6 Å². The summed E-state index contributed by atoms with van der Waals surface area (Å²) in [4.78, 5) is 4.97. The molecule has 0 saturated carbocycles. The SMILES string of the molecule is NCCCN(CCCN)CCCN1CCN1.OB(O)c1ccc(CNCCN2CCCC2)cc1. The van der Waals surface area contributed by atoms with Crippen molar-refractivity contribution in [3.63, 3.8) is 0 Å². The molecule has 8 N–H and O–H groups in total. The van der Waals surface area contributed by atoms with Crippen LogP contribution in [0.4, 0.5) is 0 Å². The van der Waals surface area contributed by atoms with Gasteiger partial charge in [0.1, 0.15) is 0 Å². The highest BCUT2D eigenvalue weighted by atomic mass is 16.4. The van der Waals surface area contributed by atoms with Gasteiger partial charge in [-0.2, -0.15) is 0 Å². The number of hydrazine groups is 1. The molecule has 2 saturated heterocycles. The molecule has 0 aliphatic carbocycles. The van der Waals surface area contributed by atoms with E-state index in [9.17, 15) is 0 Å². The van der Waals surface area contributed by atoms with Crippen molar-refractivity contribution in [3.8, 4) is 0 Å². The lowest BCUT2D eigenvalue weighted by molar-refractivity contribution is 0.0944. The molecule has 1 aromatic carbocycles. The predicted molar refractivity (Wildman–Crippen MR) is 142 cm³/mol. The standard InChI is InChI=1S/C13H21BN2O2.C11H27N5/c17-14(18)13-5-3-12(4-6-13)11-15-7-10-16-8-1-2-9-16;12-4-1-7-15(8-2-5-13)9-3-10-16-11-6-14-16/h3-6,15,17-18H,1-2,7-11H2;14H,1-13H2. The third kappa shape index (κ3) is 12.6. The van der Waals surface area contributed by atoms with Gasteiger partial charge in [-0.05, 0) is 88.9 Å². The maximum Gasteiger partial charge on any atom is 0.488 e. The normalized spacial score (nSPS) is 16.4. The largest absolute Gasteiger partial charge is 0.488 e. The molecule has 0 atom stereocenters. The number of nitrogens with zero attached hydrogens (tertiary/aromatic N) is 3. The van der Waals surface area contributed by atoms with Crippen molar-refractivity contribution in [2.75, 3.05) is 78.5 Å². The van der Waals surface area contributed by atoms with Crippen LogP contribution < -0.4 is 27.7 Å². The first-order chi connectivity index (χ1) is 16.6. The molecule has 0 spiro atoms. The summed E-state index contributed by atoms with van der Waals surface area (Å²) in [6, 6.07) is 7.36. The molecule has 2 aliphatic rings. The van der Waals surface area contributed by atoms with Crippen LogP contribution in [0, 0.1) is 0 Å². The second kappa shape index (κ2) is 18.2. The molecule has 0 unspecified atom stereocenters. The van der Waals surface area contributed by atoms with Crippen molar-refractivity contribution in [1.29, 1.82) is 0 Å². The Bertz CT molecular complexity index is 606. The minimum Gasteiger partial charge on any atom is -0.423 e. The van der Waals surface area contributed by atoms with Crippen molar-refractivity contribution in [2.24, 2.45) is 11.5 Å². The Morgan fingerprint density at radius 2 is 1.53 bits per heavy atom. The molecule has 194 valence electrons. The van der Waals surface area contributed by atoms with Crippen LogP contribution in [0.1, 0.15) is 37.7 Å². The van der Waals surface area contributed by atoms with E-state index < -0.39 is 7.12 Å². The van der Waals surface area contributed by atoms with E-state index in [1.54, 1.807) is 12.1 Å². The maximum atomic E-state index is 8.98. The van der Waals surface area contributed by atoms with Gasteiger partial charge in [-0.25, -0.2) is 5.01 Å². The van der Waals surface area contributed by atoms with Crippen LogP contribution in [-0.4, -0.2) is 111 Å². The minimum absolute atomic E-state index is 0.538. The van der Waals surface area contributed by atoms with Crippen molar-refractivity contribution >= 4 is 12.6 Å². The van der Waals surface area contributed by atoms with Crippen LogP contribution in [0.2, 0.25) is 0 Å². The molecular formula is C24H48BN7O2. The van der Waals surface area contributed by atoms with Gasteiger partial charge in [0.2, 0.25) is 0 Å². The molecule has 2 heterocycles. The number of benzene rings is 1. The van der Waals surface area contributed by atoms with E-state index in [0.29, 0.717) is 5.46 Å². The first-order valence-corrected chi connectivity index (χ1v) is 13.1. The average molecular weight is 478 g/mol. The van der Waals surface area contributed by atoms with E-state index >= 15 is 0 Å². The summed E-state index contributed by atoms with van der Waals surface area (Å²) < 4.78 is 0. The van der Waals surface area contributed by atoms with E-state index in [4.69, 9.17) is 21.5 Å². The van der Waals surface area contributed by atoms with Gasteiger partial charge in [0.25, 0.3) is 0 Å². The molecule has 3 rings (SSSR count). The predicted octanol–water partition coefficient (Wildman–Crippen LogP) is -1.25. The summed E-state index contributed by atoms with van der Waals surface area (Å²) in [6.45, 7) is 13.9. The molecule has 0 radical (unpaired) electrons. The second-order valence-electron chi connectivity index (χ2n) is 9.22. The van der Waals surface area contributed by atoms with Gasteiger partial charge in [-0.1, -0.05) is 24.3 Å². The van der Waals surface area contributed by atoms with Gasteiger partial charge in [0.15, 0.2) is 0 Å². The lowest BCUT2D eigenvalue weighted by atomic mass is 9.80. The average Bonchev–Trinajstić information content (AvgIpc) is 3.34. The minimum atomic E-state index is -1.37. The monoisotopic (exact) mass is 477 g/mol. The fraction of sp³-hybridized carbons (Fsp3) is 0.750. The Hall–Kier alpha value is -1.08. The molecule has 0 amide bonds. The number of nitrogens with two attached hydrogens (primary N) is 2. The zero-order valence-electron chi connectivity index (χ0n) is 21.0. The van der Waals surface area contributed by atoms with Crippen LogP contribution in [0.25, 0.3) is 0 Å². The summed E-state index contributed by atoms with van der Waals surface area (Å²) >= 11 is 0. The maximum absolute atomic E-state index is 8.98. The van der Waals surface area contributed by atoms with E-state index in [-0.39, 0.29) is 0 Å². The van der Waals surface area contributed by atoms with Gasteiger partial charge in [-0.15, -0.1) is 0 Å². The first kappa shape index (κ1) is 29.2. The Labute approximate surface area is 207 Å². The van der Waals surface area contributed by atoms with Gasteiger partial charge < -0.3 is 36.6 Å². The van der Waals surface area contributed by atoms with Gasteiger partial charge >= 0.3 is 7.12 Å². The highest BCUT2D eigenvalue weighted by Crippen LogP contribution is 2.05. The summed E-state index contributed by atoms with van der Waals surface area (Å²) in [5.74, 6) is 0. The number of rotatable bonds is 16. The van der Waals surface area contributed by atoms with E-state index in [2.05, 4.69) is 25.6 Å². The summed E-state index contributed by atoms with van der Waals surface area (Å²) in [7, 11) is -1.37. The molecule has 9 nitrogen and oxygen atoms in total. The van der Waals surface area contributed by atoms with Crippen LogP contribution in [-0.2, 0) is 6.54 Å². The number of hydrogen-bond acceptors (Lipinski definition) is 9.